The molecule has 0 amide bonds. The summed E-state index contributed by atoms with van der Waals surface area (Å²) in [7, 11) is 1.75. The molecule has 4 nitrogen and oxygen atoms in total. The standard InChI is InChI=1S/C9H13N3O/c1-9(2,10-3)8(13)7-4-11-6-12-5-7/h4-6,10H,1-3H3. The van der Waals surface area contributed by atoms with E-state index < -0.39 is 5.54 Å². The summed E-state index contributed by atoms with van der Waals surface area (Å²) in [5.41, 5.74) is -0.0353. The summed E-state index contributed by atoms with van der Waals surface area (Å²) < 4.78 is 0. The predicted molar refractivity (Wildman–Crippen MR) is 49.5 cm³/mol. The van der Waals surface area contributed by atoms with E-state index in [0.29, 0.717) is 5.56 Å². The highest BCUT2D eigenvalue weighted by molar-refractivity contribution is 6.02. The molecule has 0 aliphatic carbocycles. The Morgan fingerprint density at radius 3 is 2.38 bits per heavy atom. The third-order valence-electron chi connectivity index (χ3n) is 2.02. The number of nitrogens with zero attached hydrogens (tertiary/aromatic N) is 2. The Hall–Kier alpha value is -1.29. The van der Waals surface area contributed by atoms with Crippen molar-refractivity contribution in [3.63, 3.8) is 0 Å². The lowest BCUT2D eigenvalue weighted by atomic mass is 9.95. The molecule has 0 aliphatic rings. The molecule has 13 heavy (non-hydrogen) atoms. The van der Waals surface area contributed by atoms with E-state index >= 15 is 0 Å². The van der Waals surface area contributed by atoms with Crippen LogP contribution in [-0.2, 0) is 0 Å². The van der Waals surface area contributed by atoms with Crippen molar-refractivity contribution in [2.24, 2.45) is 0 Å². The Labute approximate surface area is 77.4 Å². The summed E-state index contributed by atoms with van der Waals surface area (Å²) in [5.74, 6) is -0.00407. The molecule has 0 radical (unpaired) electrons. The van der Waals surface area contributed by atoms with Gasteiger partial charge in [-0.15, -0.1) is 0 Å². The molecule has 1 N–H and O–H groups in total. The fraction of sp³-hybridized carbons (Fsp3) is 0.444. The van der Waals surface area contributed by atoms with E-state index in [1.54, 1.807) is 7.05 Å². The number of ketones is 1. The van der Waals surface area contributed by atoms with Gasteiger partial charge in [-0.25, -0.2) is 9.97 Å². The zero-order valence-corrected chi connectivity index (χ0v) is 8.03. The molecule has 1 aromatic heterocycles. The van der Waals surface area contributed by atoms with Crippen LogP contribution in [0.3, 0.4) is 0 Å². The highest BCUT2D eigenvalue weighted by Crippen LogP contribution is 2.09. The first-order valence-corrected chi connectivity index (χ1v) is 4.06. The molecular formula is C9H13N3O. The Morgan fingerprint density at radius 2 is 1.92 bits per heavy atom. The molecule has 0 saturated carbocycles. The number of aromatic nitrogens is 2. The van der Waals surface area contributed by atoms with E-state index in [1.165, 1.54) is 18.7 Å². The number of likely N-dealkylation sites (N-methyl/N-ethyl adjacent to an activating group) is 1. The summed E-state index contributed by atoms with van der Waals surface area (Å²) >= 11 is 0. The minimum Gasteiger partial charge on any atom is -0.308 e. The van der Waals surface area contributed by atoms with Gasteiger partial charge in [0.2, 0.25) is 0 Å². The van der Waals surface area contributed by atoms with Crippen molar-refractivity contribution in [2.45, 2.75) is 19.4 Å². The lowest BCUT2D eigenvalue weighted by molar-refractivity contribution is 0.0889. The molecule has 0 unspecified atom stereocenters. The third-order valence-corrected chi connectivity index (χ3v) is 2.02. The maximum Gasteiger partial charge on any atom is 0.185 e. The van der Waals surface area contributed by atoms with Gasteiger partial charge in [-0.1, -0.05) is 0 Å². The van der Waals surface area contributed by atoms with Crippen molar-refractivity contribution >= 4 is 5.78 Å². The molecular weight excluding hydrogens is 166 g/mol. The van der Waals surface area contributed by atoms with Gasteiger partial charge < -0.3 is 5.32 Å². The first kappa shape index (κ1) is 9.80. The van der Waals surface area contributed by atoms with Crippen LogP contribution in [0.5, 0.6) is 0 Å². The third kappa shape index (κ3) is 2.09. The molecule has 0 fully saturated rings. The van der Waals surface area contributed by atoms with Gasteiger partial charge in [0, 0.05) is 12.4 Å². The topological polar surface area (TPSA) is 54.9 Å². The van der Waals surface area contributed by atoms with Crippen molar-refractivity contribution in [1.29, 1.82) is 0 Å². The van der Waals surface area contributed by atoms with Crippen LogP contribution < -0.4 is 5.32 Å². The fourth-order valence-electron chi connectivity index (χ4n) is 0.891. The molecule has 1 heterocycles. The van der Waals surface area contributed by atoms with Crippen molar-refractivity contribution < 1.29 is 4.79 Å². The quantitative estimate of drug-likeness (QED) is 0.692. The zero-order chi connectivity index (χ0) is 9.90. The number of nitrogens with one attached hydrogen (secondary N) is 1. The monoisotopic (exact) mass is 179 g/mol. The van der Waals surface area contributed by atoms with E-state index in [2.05, 4.69) is 15.3 Å². The van der Waals surface area contributed by atoms with Gasteiger partial charge in [0.1, 0.15) is 6.33 Å². The predicted octanol–water partition coefficient (Wildman–Crippen LogP) is 0.657. The van der Waals surface area contributed by atoms with Gasteiger partial charge in [-0.3, -0.25) is 4.79 Å². The van der Waals surface area contributed by atoms with E-state index in [1.807, 2.05) is 13.8 Å². The SMILES string of the molecule is CNC(C)(C)C(=O)c1cncnc1. The van der Waals surface area contributed by atoms with Crippen LogP contribution in [0.15, 0.2) is 18.7 Å². The van der Waals surface area contributed by atoms with Crippen LogP contribution in [0.1, 0.15) is 24.2 Å². The van der Waals surface area contributed by atoms with Gasteiger partial charge in [-0.2, -0.15) is 0 Å². The van der Waals surface area contributed by atoms with Gasteiger partial charge in [-0.05, 0) is 20.9 Å². The van der Waals surface area contributed by atoms with Crippen LogP contribution in [0.4, 0.5) is 0 Å². The maximum atomic E-state index is 11.8. The summed E-state index contributed by atoms with van der Waals surface area (Å²) in [6, 6.07) is 0. The number of rotatable bonds is 3. The summed E-state index contributed by atoms with van der Waals surface area (Å²) in [6.07, 6.45) is 4.45. The van der Waals surface area contributed by atoms with Gasteiger partial charge in [0.15, 0.2) is 5.78 Å². The lowest BCUT2D eigenvalue weighted by Crippen LogP contribution is -2.44. The van der Waals surface area contributed by atoms with E-state index in [9.17, 15) is 4.79 Å². The summed E-state index contributed by atoms with van der Waals surface area (Å²) in [4.78, 5) is 19.3. The molecule has 4 heteroatoms. The number of hydrogen-bond donors (Lipinski definition) is 1. The fourth-order valence-corrected chi connectivity index (χ4v) is 0.891. The highest BCUT2D eigenvalue weighted by atomic mass is 16.1. The number of Topliss-reactive ketones (excluding diaryl/α,β-unsaturated/α-hetero) is 1. The normalized spacial score (nSPS) is 11.3. The largest absolute Gasteiger partial charge is 0.308 e. The molecule has 0 bridgehead atoms. The first-order valence-electron chi connectivity index (χ1n) is 4.06. The Morgan fingerprint density at radius 1 is 1.38 bits per heavy atom. The van der Waals surface area contributed by atoms with E-state index in [0.717, 1.165) is 0 Å². The van der Waals surface area contributed by atoms with Crippen LogP contribution in [0.2, 0.25) is 0 Å². The van der Waals surface area contributed by atoms with Crippen LogP contribution >= 0.6 is 0 Å². The van der Waals surface area contributed by atoms with Gasteiger partial charge in [0.05, 0.1) is 11.1 Å². The molecule has 0 atom stereocenters. The first-order chi connectivity index (χ1) is 6.08. The average Bonchev–Trinajstić information content (AvgIpc) is 2.18. The molecule has 1 rings (SSSR count). The molecule has 1 aromatic rings. The van der Waals surface area contributed by atoms with Crippen molar-refractivity contribution in [2.75, 3.05) is 7.05 Å². The second kappa shape index (κ2) is 3.62. The second-order valence-electron chi connectivity index (χ2n) is 3.33. The number of carbonyl (C=O) groups is 1. The average molecular weight is 179 g/mol. The Balaban J connectivity index is 2.93. The van der Waals surface area contributed by atoms with Gasteiger partial charge in [0.25, 0.3) is 0 Å². The minimum absolute atomic E-state index is 0.00407. The molecule has 70 valence electrons. The Kier molecular flexibility index (Phi) is 2.72. The van der Waals surface area contributed by atoms with Crippen LogP contribution in [0, 0.1) is 0 Å². The van der Waals surface area contributed by atoms with Crippen molar-refractivity contribution in [3.8, 4) is 0 Å². The smallest absolute Gasteiger partial charge is 0.185 e. The minimum atomic E-state index is -0.565. The molecule has 0 saturated heterocycles. The second-order valence-corrected chi connectivity index (χ2v) is 3.33. The number of carbonyl (C=O) groups excluding carboxylic acids is 1. The van der Waals surface area contributed by atoms with E-state index in [4.69, 9.17) is 0 Å². The summed E-state index contributed by atoms with van der Waals surface area (Å²) in [6.45, 7) is 3.64. The lowest BCUT2D eigenvalue weighted by Gasteiger charge is -2.21. The number of hydrogen-bond acceptors (Lipinski definition) is 4. The van der Waals surface area contributed by atoms with Crippen LogP contribution in [-0.4, -0.2) is 28.3 Å². The van der Waals surface area contributed by atoms with Crippen LogP contribution in [0.25, 0.3) is 0 Å². The van der Waals surface area contributed by atoms with Crippen molar-refractivity contribution in [3.05, 3.63) is 24.3 Å². The molecule has 0 spiro atoms. The summed E-state index contributed by atoms with van der Waals surface area (Å²) in [5, 5.41) is 2.93. The maximum absolute atomic E-state index is 11.8. The van der Waals surface area contributed by atoms with Crippen molar-refractivity contribution in [1.82, 2.24) is 15.3 Å². The van der Waals surface area contributed by atoms with Gasteiger partial charge >= 0.3 is 0 Å². The molecule has 0 aromatic carbocycles. The van der Waals surface area contributed by atoms with E-state index in [-0.39, 0.29) is 5.78 Å². The molecule has 0 aliphatic heterocycles. The highest BCUT2D eigenvalue weighted by Gasteiger charge is 2.26. The zero-order valence-electron chi connectivity index (χ0n) is 8.03. The Bertz CT molecular complexity index is 295.